The second-order valence-electron chi connectivity index (χ2n) is 5.61. The highest BCUT2D eigenvalue weighted by atomic mass is 16.2. The summed E-state index contributed by atoms with van der Waals surface area (Å²) < 4.78 is 0. The molecule has 0 saturated heterocycles. The molecule has 4 heteroatoms. The number of amides is 1. The Morgan fingerprint density at radius 2 is 1.95 bits per heavy atom. The first-order valence-corrected chi connectivity index (χ1v) is 8.07. The van der Waals surface area contributed by atoms with Gasteiger partial charge in [-0.3, -0.25) is 4.79 Å². The fourth-order valence-electron chi connectivity index (χ4n) is 2.85. The highest BCUT2D eigenvalue weighted by Gasteiger charge is 2.20. The van der Waals surface area contributed by atoms with Gasteiger partial charge in [0.05, 0.1) is 6.54 Å². The van der Waals surface area contributed by atoms with Gasteiger partial charge in [-0.05, 0) is 24.5 Å². The highest BCUT2D eigenvalue weighted by molar-refractivity contribution is 5.82. The van der Waals surface area contributed by atoms with Crippen LogP contribution in [0.5, 0.6) is 0 Å². The van der Waals surface area contributed by atoms with Gasteiger partial charge in [-0.15, -0.1) is 0 Å². The van der Waals surface area contributed by atoms with Crippen LogP contribution in [0.25, 0.3) is 0 Å². The molecule has 0 radical (unpaired) electrons. The molecule has 1 aliphatic rings. The number of para-hydroxylation sites is 1. The number of carbonyl (C=O) groups is 1. The standard InChI is InChI=1S/C17H27N3O/c1-3-10-19(11-4-2)17(21)14-20-12-9-18-13-15-7-5-6-8-16(15)20/h5-8,18H,3-4,9-14H2,1-2H3. The Balaban J connectivity index is 2.09. The lowest BCUT2D eigenvalue weighted by atomic mass is 10.1. The molecule has 0 saturated carbocycles. The van der Waals surface area contributed by atoms with Crippen molar-refractivity contribution < 1.29 is 4.79 Å². The van der Waals surface area contributed by atoms with Crippen LogP contribution >= 0.6 is 0 Å². The van der Waals surface area contributed by atoms with Crippen molar-refractivity contribution in [2.75, 3.05) is 37.6 Å². The maximum atomic E-state index is 12.6. The number of fused-ring (bicyclic) bond motifs is 1. The van der Waals surface area contributed by atoms with Crippen LogP contribution in [0.2, 0.25) is 0 Å². The average molecular weight is 289 g/mol. The Bertz CT molecular complexity index is 455. The van der Waals surface area contributed by atoms with Crippen LogP contribution in [0, 0.1) is 0 Å². The molecular weight excluding hydrogens is 262 g/mol. The van der Waals surface area contributed by atoms with Crippen LogP contribution < -0.4 is 10.2 Å². The molecule has 1 N–H and O–H groups in total. The summed E-state index contributed by atoms with van der Waals surface area (Å²) in [6.45, 7) is 9.15. The number of hydrogen-bond donors (Lipinski definition) is 1. The Morgan fingerprint density at radius 1 is 1.24 bits per heavy atom. The van der Waals surface area contributed by atoms with Gasteiger partial charge in [0.1, 0.15) is 0 Å². The van der Waals surface area contributed by atoms with E-state index in [1.807, 2.05) is 4.90 Å². The predicted octanol–water partition coefficient (Wildman–Crippen LogP) is 2.24. The third-order valence-corrected chi connectivity index (χ3v) is 3.87. The van der Waals surface area contributed by atoms with Crippen molar-refractivity contribution in [2.24, 2.45) is 0 Å². The maximum Gasteiger partial charge on any atom is 0.242 e. The van der Waals surface area contributed by atoms with Gasteiger partial charge in [0.25, 0.3) is 0 Å². The molecule has 21 heavy (non-hydrogen) atoms. The minimum absolute atomic E-state index is 0.246. The van der Waals surface area contributed by atoms with E-state index in [2.05, 4.69) is 48.3 Å². The number of anilines is 1. The number of rotatable bonds is 6. The number of nitrogens with zero attached hydrogens (tertiary/aromatic N) is 2. The summed E-state index contributed by atoms with van der Waals surface area (Å²) in [4.78, 5) is 16.8. The molecule has 0 unspecified atom stereocenters. The summed E-state index contributed by atoms with van der Waals surface area (Å²) in [6, 6.07) is 8.38. The second-order valence-corrected chi connectivity index (χ2v) is 5.61. The molecular formula is C17H27N3O. The zero-order valence-corrected chi connectivity index (χ0v) is 13.3. The summed E-state index contributed by atoms with van der Waals surface area (Å²) in [5.41, 5.74) is 2.48. The molecule has 4 nitrogen and oxygen atoms in total. The third kappa shape index (κ3) is 4.21. The molecule has 2 rings (SSSR count). The Labute approximate surface area is 128 Å². The molecule has 0 fully saturated rings. The number of benzene rings is 1. The molecule has 116 valence electrons. The zero-order valence-electron chi connectivity index (χ0n) is 13.3. The van der Waals surface area contributed by atoms with Crippen molar-refractivity contribution in [3.63, 3.8) is 0 Å². The molecule has 0 atom stereocenters. The van der Waals surface area contributed by atoms with Gasteiger partial charge in [0, 0.05) is 38.4 Å². The van der Waals surface area contributed by atoms with E-state index in [4.69, 9.17) is 0 Å². The Kier molecular flexibility index (Phi) is 6.05. The molecule has 0 aliphatic carbocycles. The molecule has 0 spiro atoms. The van der Waals surface area contributed by atoms with Gasteiger partial charge >= 0.3 is 0 Å². The van der Waals surface area contributed by atoms with Gasteiger partial charge in [0.15, 0.2) is 0 Å². The lowest BCUT2D eigenvalue weighted by Crippen LogP contribution is -2.42. The Hall–Kier alpha value is -1.55. The molecule has 1 amide bonds. The normalized spacial score (nSPS) is 14.5. The van der Waals surface area contributed by atoms with Crippen LogP contribution in [0.3, 0.4) is 0 Å². The number of nitrogens with one attached hydrogen (secondary N) is 1. The van der Waals surface area contributed by atoms with E-state index < -0.39 is 0 Å². The average Bonchev–Trinajstić information content (AvgIpc) is 2.70. The van der Waals surface area contributed by atoms with Crippen molar-refractivity contribution in [1.82, 2.24) is 10.2 Å². The molecule has 0 bridgehead atoms. The van der Waals surface area contributed by atoms with Crippen LogP contribution in [0.4, 0.5) is 5.69 Å². The van der Waals surface area contributed by atoms with E-state index in [9.17, 15) is 4.79 Å². The highest BCUT2D eigenvalue weighted by Crippen LogP contribution is 2.21. The summed E-state index contributed by atoms with van der Waals surface area (Å²) in [7, 11) is 0. The van der Waals surface area contributed by atoms with Gasteiger partial charge in [-0.25, -0.2) is 0 Å². The summed E-state index contributed by atoms with van der Waals surface area (Å²) in [6.07, 6.45) is 2.04. The summed E-state index contributed by atoms with van der Waals surface area (Å²) in [5.74, 6) is 0.246. The van der Waals surface area contributed by atoms with E-state index in [0.717, 1.165) is 45.6 Å². The van der Waals surface area contributed by atoms with Crippen LogP contribution in [0.1, 0.15) is 32.3 Å². The van der Waals surface area contributed by atoms with Gasteiger partial charge < -0.3 is 15.1 Å². The van der Waals surface area contributed by atoms with E-state index in [0.29, 0.717) is 6.54 Å². The fraction of sp³-hybridized carbons (Fsp3) is 0.588. The maximum absolute atomic E-state index is 12.6. The minimum Gasteiger partial charge on any atom is -0.361 e. The largest absolute Gasteiger partial charge is 0.361 e. The topological polar surface area (TPSA) is 35.6 Å². The van der Waals surface area contributed by atoms with E-state index in [1.165, 1.54) is 11.3 Å². The molecule has 1 aliphatic heterocycles. The Morgan fingerprint density at radius 3 is 2.67 bits per heavy atom. The first kappa shape index (κ1) is 15.8. The predicted molar refractivity (Wildman–Crippen MR) is 87.5 cm³/mol. The molecule has 0 aromatic heterocycles. The van der Waals surface area contributed by atoms with Gasteiger partial charge in [-0.2, -0.15) is 0 Å². The summed E-state index contributed by atoms with van der Waals surface area (Å²) in [5, 5.41) is 3.42. The van der Waals surface area contributed by atoms with Crippen molar-refractivity contribution in [3.05, 3.63) is 29.8 Å². The molecule has 1 aromatic carbocycles. The van der Waals surface area contributed by atoms with Crippen LogP contribution in [-0.4, -0.2) is 43.5 Å². The minimum atomic E-state index is 0.246. The van der Waals surface area contributed by atoms with Crippen LogP contribution in [-0.2, 0) is 11.3 Å². The zero-order chi connectivity index (χ0) is 15.1. The SMILES string of the molecule is CCCN(CCC)C(=O)CN1CCNCc2ccccc21. The van der Waals surface area contributed by atoms with Crippen molar-refractivity contribution in [2.45, 2.75) is 33.2 Å². The quantitative estimate of drug-likeness (QED) is 0.872. The smallest absolute Gasteiger partial charge is 0.242 e. The van der Waals surface area contributed by atoms with E-state index in [1.54, 1.807) is 0 Å². The summed E-state index contributed by atoms with van der Waals surface area (Å²) >= 11 is 0. The van der Waals surface area contributed by atoms with Gasteiger partial charge in [-0.1, -0.05) is 32.0 Å². The van der Waals surface area contributed by atoms with Crippen LogP contribution in [0.15, 0.2) is 24.3 Å². The number of hydrogen-bond acceptors (Lipinski definition) is 3. The van der Waals surface area contributed by atoms with E-state index >= 15 is 0 Å². The molecule has 1 heterocycles. The first-order valence-electron chi connectivity index (χ1n) is 8.07. The van der Waals surface area contributed by atoms with Crippen molar-refractivity contribution in [3.8, 4) is 0 Å². The lowest BCUT2D eigenvalue weighted by Gasteiger charge is -2.28. The third-order valence-electron chi connectivity index (χ3n) is 3.87. The molecule has 1 aromatic rings. The first-order chi connectivity index (χ1) is 10.3. The number of carbonyl (C=O) groups excluding carboxylic acids is 1. The van der Waals surface area contributed by atoms with Crippen molar-refractivity contribution >= 4 is 11.6 Å². The lowest BCUT2D eigenvalue weighted by molar-refractivity contribution is -0.129. The fourth-order valence-corrected chi connectivity index (χ4v) is 2.85. The van der Waals surface area contributed by atoms with Crippen molar-refractivity contribution in [1.29, 1.82) is 0 Å². The second kappa shape index (κ2) is 8.03. The van der Waals surface area contributed by atoms with Gasteiger partial charge in [0.2, 0.25) is 5.91 Å². The van der Waals surface area contributed by atoms with E-state index in [-0.39, 0.29) is 5.91 Å². The monoisotopic (exact) mass is 289 g/mol.